The van der Waals surface area contributed by atoms with E-state index in [2.05, 4.69) is 84.0 Å². The zero-order valence-corrected chi connectivity index (χ0v) is 25.9. The molecule has 0 saturated heterocycles. The van der Waals surface area contributed by atoms with Crippen LogP contribution in [0.5, 0.6) is 11.5 Å². The third-order valence-electron chi connectivity index (χ3n) is 8.12. The molecular weight excluding hydrogens is 562 g/mol. The zero-order chi connectivity index (χ0) is 31.2. The Morgan fingerprint density at radius 2 is 1.53 bits per heavy atom. The molecule has 0 radical (unpaired) electrons. The number of nitrogens with zero attached hydrogens (tertiary/aromatic N) is 3. The SMILES string of the molecule is CCCCn1c(-c2ccccc2)nc(-c2cccc(C)c2)c1CN(Cc1ccc(C(=O)O)cc1)Cc1ccc2c(c1)OCCO2. The first-order valence-electron chi connectivity index (χ1n) is 15.6. The molecule has 4 aromatic carbocycles. The largest absolute Gasteiger partial charge is 0.486 e. The third-order valence-corrected chi connectivity index (χ3v) is 8.12. The first-order valence-corrected chi connectivity index (χ1v) is 15.6. The summed E-state index contributed by atoms with van der Waals surface area (Å²) in [4.78, 5) is 19.3. The molecule has 5 aromatic rings. The number of benzene rings is 4. The summed E-state index contributed by atoms with van der Waals surface area (Å²) in [6.07, 6.45) is 2.11. The Bertz CT molecular complexity index is 1760. The van der Waals surface area contributed by atoms with Crippen LogP contribution in [0.4, 0.5) is 0 Å². The van der Waals surface area contributed by atoms with Crippen LogP contribution in [0.15, 0.2) is 97.1 Å². The van der Waals surface area contributed by atoms with Crippen molar-refractivity contribution in [2.45, 2.75) is 52.9 Å². The number of aromatic nitrogens is 2. The lowest BCUT2D eigenvalue weighted by atomic mass is 10.1. The highest BCUT2D eigenvalue weighted by Crippen LogP contribution is 2.34. The van der Waals surface area contributed by atoms with Gasteiger partial charge >= 0.3 is 5.97 Å². The summed E-state index contributed by atoms with van der Waals surface area (Å²) in [6, 6.07) is 32.3. The maximum atomic E-state index is 11.5. The molecule has 0 atom stereocenters. The molecule has 7 heteroatoms. The first-order chi connectivity index (χ1) is 22.0. The molecule has 1 aliphatic rings. The number of carbonyl (C=O) groups is 1. The normalized spacial score (nSPS) is 12.4. The predicted octanol–water partition coefficient (Wildman–Crippen LogP) is 8.00. The quantitative estimate of drug-likeness (QED) is 0.156. The monoisotopic (exact) mass is 601 g/mol. The van der Waals surface area contributed by atoms with Crippen LogP contribution < -0.4 is 9.47 Å². The highest BCUT2D eigenvalue weighted by atomic mass is 16.6. The molecule has 2 heterocycles. The number of ether oxygens (including phenoxy) is 2. The topological polar surface area (TPSA) is 76.8 Å². The Morgan fingerprint density at radius 3 is 2.27 bits per heavy atom. The summed E-state index contributed by atoms with van der Waals surface area (Å²) >= 11 is 0. The zero-order valence-electron chi connectivity index (χ0n) is 25.9. The number of imidazole rings is 1. The minimum atomic E-state index is -0.925. The molecule has 0 amide bonds. The Morgan fingerprint density at radius 1 is 0.822 bits per heavy atom. The average Bonchev–Trinajstić information content (AvgIpc) is 3.42. The summed E-state index contributed by atoms with van der Waals surface area (Å²) < 4.78 is 14.1. The molecule has 1 aromatic heterocycles. The van der Waals surface area contributed by atoms with Crippen LogP contribution in [-0.4, -0.2) is 38.7 Å². The second-order valence-electron chi connectivity index (χ2n) is 11.6. The van der Waals surface area contributed by atoms with Crippen molar-refractivity contribution in [2.75, 3.05) is 13.2 Å². The molecule has 6 rings (SSSR count). The maximum Gasteiger partial charge on any atom is 0.335 e. The Hall–Kier alpha value is -4.88. The van der Waals surface area contributed by atoms with E-state index in [4.69, 9.17) is 14.5 Å². The van der Waals surface area contributed by atoms with Gasteiger partial charge in [-0.05, 0) is 54.8 Å². The number of carboxylic acid groups (broad SMARTS) is 1. The molecule has 0 fully saturated rings. The van der Waals surface area contributed by atoms with Crippen molar-refractivity contribution >= 4 is 5.97 Å². The van der Waals surface area contributed by atoms with E-state index >= 15 is 0 Å². The van der Waals surface area contributed by atoms with Crippen LogP contribution in [-0.2, 0) is 26.2 Å². The number of rotatable bonds is 12. The molecule has 230 valence electrons. The number of unbranched alkanes of at least 4 members (excludes halogenated alkanes) is 1. The van der Waals surface area contributed by atoms with Gasteiger partial charge in [-0.2, -0.15) is 0 Å². The highest BCUT2D eigenvalue weighted by Gasteiger charge is 2.23. The Kier molecular flexibility index (Phi) is 9.27. The molecule has 0 aliphatic carbocycles. The summed E-state index contributed by atoms with van der Waals surface area (Å²) in [5.41, 5.74) is 7.96. The van der Waals surface area contributed by atoms with Gasteiger partial charge in [0.2, 0.25) is 0 Å². The molecule has 7 nitrogen and oxygen atoms in total. The molecule has 0 spiro atoms. The fourth-order valence-electron chi connectivity index (χ4n) is 5.87. The van der Waals surface area contributed by atoms with E-state index in [1.807, 2.05) is 24.3 Å². The van der Waals surface area contributed by atoms with E-state index in [1.165, 1.54) is 5.56 Å². The van der Waals surface area contributed by atoms with Gasteiger partial charge < -0.3 is 19.1 Å². The third kappa shape index (κ3) is 7.10. The second-order valence-corrected chi connectivity index (χ2v) is 11.6. The van der Waals surface area contributed by atoms with E-state index < -0.39 is 5.97 Å². The second kappa shape index (κ2) is 13.8. The Labute approximate surface area is 264 Å². The fraction of sp³-hybridized carbons (Fsp3) is 0.263. The van der Waals surface area contributed by atoms with Crippen LogP contribution in [0.2, 0.25) is 0 Å². The summed E-state index contributed by atoms with van der Waals surface area (Å²) in [5, 5.41) is 9.46. The predicted molar refractivity (Wildman–Crippen MR) is 177 cm³/mol. The lowest BCUT2D eigenvalue weighted by molar-refractivity contribution is 0.0697. The molecule has 1 N–H and O–H groups in total. The van der Waals surface area contributed by atoms with E-state index in [0.717, 1.165) is 70.4 Å². The van der Waals surface area contributed by atoms with Crippen LogP contribution in [0, 0.1) is 6.92 Å². The number of fused-ring (bicyclic) bond motifs is 1. The van der Waals surface area contributed by atoms with Crippen LogP contribution >= 0.6 is 0 Å². The van der Waals surface area contributed by atoms with Gasteiger partial charge in [-0.25, -0.2) is 9.78 Å². The number of aromatic carboxylic acids is 1. The lowest BCUT2D eigenvalue weighted by Gasteiger charge is -2.26. The van der Waals surface area contributed by atoms with E-state index in [0.29, 0.717) is 32.8 Å². The Balaban J connectivity index is 1.44. The maximum absolute atomic E-state index is 11.5. The van der Waals surface area contributed by atoms with Crippen molar-refractivity contribution in [1.82, 2.24) is 14.5 Å². The molecule has 45 heavy (non-hydrogen) atoms. The van der Waals surface area contributed by atoms with Crippen molar-refractivity contribution in [3.63, 3.8) is 0 Å². The van der Waals surface area contributed by atoms with Gasteiger partial charge in [0.1, 0.15) is 19.0 Å². The summed E-state index contributed by atoms with van der Waals surface area (Å²) in [7, 11) is 0. The van der Waals surface area contributed by atoms with Gasteiger partial charge in [0.15, 0.2) is 11.5 Å². The molecule has 0 unspecified atom stereocenters. The van der Waals surface area contributed by atoms with E-state index in [-0.39, 0.29) is 5.56 Å². The van der Waals surface area contributed by atoms with Crippen molar-refractivity contribution in [3.05, 3.63) is 125 Å². The van der Waals surface area contributed by atoms with Crippen molar-refractivity contribution in [1.29, 1.82) is 0 Å². The van der Waals surface area contributed by atoms with Crippen LogP contribution in [0.1, 0.15) is 52.5 Å². The number of aryl methyl sites for hydroxylation is 1. The van der Waals surface area contributed by atoms with Crippen molar-refractivity contribution in [3.8, 4) is 34.1 Å². The van der Waals surface area contributed by atoms with Gasteiger partial charge in [-0.3, -0.25) is 4.90 Å². The fourth-order valence-corrected chi connectivity index (χ4v) is 5.87. The highest BCUT2D eigenvalue weighted by molar-refractivity contribution is 5.87. The standard InChI is InChI=1S/C38H39N3O4/c1-3-4-19-41-33(36(32-12-8-9-27(2)22-32)39-37(41)30-10-6-5-7-11-30)26-40(24-28-13-16-31(17-14-28)38(42)43)25-29-15-18-34-35(23-29)45-21-20-44-34/h5-18,22-23H,3-4,19-21,24-26H2,1-2H3,(H,42,43). The van der Waals surface area contributed by atoms with Gasteiger partial charge in [0.05, 0.1) is 17.0 Å². The number of hydrogen-bond donors (Lipinski definition) is 1. The first kappa shape index (κ1) is 30.2. The van der Waals surface area contributed by atoms with Crippen LogP contribution in [0.25, 0.3) is 22.6 Å². The number of carboxylic acids is 1. The smallest absolute Gasteiger partial charge is 0.335 e. The molecular formula is C38H39N3O4. The minimum Gasteiger partial charge on any atom is -0.486 e. The van der Waals surface area contributed by atoms with Crippen molar-refractivity contribution < 1.29 is 19.4 Å². The van der Waals surface area contributed by atoms with E-state index in [1.54, 1.807) is 12.1 Å². The molecule has 0 bridgehead atoms. The van der Waals surface area contributed by atoms with Gasteiger partial charge in [-0.1, -0.05) is 85.6 Å². The van der Waals surface area contributed by atoms with Gasteiger partial charge in [0, 0.05) is 37.3 Å². The minimum absolute atomic E-state index is 0.281. The summed E-state index contributed by atoms with van der Waals surface area (Å²) in [5.74, 6) is 1.59. The van der Waals surface area contributed by atoms with E-state index in [9.17, 15) is 9.90 Å². The van der Waals surface area contributed by atoms with Crippen LogP contribution in [0.3, 0.4) is 0 Å². The van der Waals surface area contributed by atoms with Crippen molar-refractivity contribution in [2.24, 2.45) is 0 Å². The molecule has 1 aliphatic heterocycles. The molecule has 0 saturated carbocycles. The van der Waals surface area contributed by atoms with Gasteiger partial charge in [0.25, 0.3) is 0 Å². The van der Waals surface area contributed by atoms with Gasteiger partial charge in [-0.15, -0.1) is 0 Å². The number of hydrogen-bond acceptors (Lipinski definition) is 5. The average molecular weight is 602 g/mol. The summed E-state index contributed by atoms with van der Waals surface area (Å²) in [6.45, 7) is 8.21. The lowest BCUT2D eigenvalue weighted by Crippen LogP contribution is -2.25.